The topological polar surface area (TPSA) is 94.2 Å². The number of likely N-dealkylation sites (tertiary alicyclic amines) is 1. The van der Waals surface area contributed by atoms with Gasteiger partial charge in [-0.25, -0.2) is 8.42 Å². The first kappa shape index (κ1) is 20.6. The highest BCUT2D eigenvalue weighted by Crippen LogP contribution is 2.39. The zero-order valence-electron chi connectivity index (χ0n) is 18.6. The van der Waals surface area contributed by atoms with E-state index in [2.05, 4.69) is 31.5 Å². The van der Waals surface area contributed by atoms with Crippen molar-refractivity contribution in [2.24, 2.45) is 5.92 Å². The van der Waals surface area contributed by atoms with Crippen molar-refractivity contribution < 1.29 is 8.42 Å². The average Bonchev–Trinajstić information content (AvgIpc) is 3.58. The minimum atomic E-state index is -3.65. The van der Waals surface area contributed by atoms with Crippen LogP contribution in [0.2, 0.25) is 0 Å². The molecule has 3 heterocycles. The van der Waals surface area contributed by atoms with E-state index in [0.29, 0.717) is 25.0 Å². The van der Waals surface area contributed by atoms with Crippen molar-refractivity contribution in [1.29, 1.82) is 0 Å². The Morgan fingerprint density at radius 3 is 2.41 bits per heavy atom. The van der Waals surface area contributed by atoms with Crippen LogP contribution in [0.25, 0.3) is 0 Å². The summed E-state index contributed by atoms with van der Waals surface area (Å²) in [6.45, 7) is 4.42. The van der Waals surface area contributed by atoms with Gasteiger partial charge in [-0.15, -0.1) is 10.2 Å². The first-order chi connectivity index (χ1) is 15.6. The fraction of sp³-hybridized carbons (Fsp3) is 0.652. The monoisotopic (exact) mass is 456 g/mol. The number of benzene rings is 1. The zero-order chi connectivity index (χ0) is 21.7. The lowest BCUT2D eigenvalue weighted by atomic mass is 9.99. The Bertz CT molecular complexity index is 1090. The lowest BCUT2D eigenvalue weighted by Gasteiger charge is -2.20. The van der Waals surface area contributed by atoms with E-state index < -0.39 is 10.0 Å². The molecule has 2 N–H and O–H groups in total. The molecule has 1 unspecified atom stereocenters. The second-order valence-electron chi connectivity index (χ2n) is 9.86. The maximum atomic E-state index is 13.2. The number of aromatic nitrogens is 3. The Labute approximate surface area is 189 Å². The van der Waals surface area contributed by atoms with Crippen LogP contribution in [0.3, 0.4) is 0 Å². The third-order valence-corrected chi connectivity index (χ3v) is 9.41. The Morgan fingerprint density at radius 2 is 1.69 bits per heavy atom. The lowest BCUT2D eigenvalue weighted by molar-refractivity contribution is 0.282. The predicted molar refractivity (Wildman–Crippen MR) is 123 cm³/mol. The van der Waals surface area contributed by atoms with Crippen LogP contribution < -0.4 is 5.32 Å². The molecule has 2 aliphatic heterocycles. The minimum Gasteiger partial charge on any atom is -0.324 e. The van der Waals surface area contributed by atoms with Crippen LogP contribution in [-0.2, 0) is 35.7 Å². The van der Waals surface area contributed by atoms with E-state index in [4.69, 9.17) is 0 Å². The summed E-state index contributed by atoms with van der Waals surface area (Å²) >= 11 is 0. The van der Waals surface area contributed by atoms with Crippen molar-refractivity contribution in [3.63, 3.8) is 0 Å². The molecule has 2 aliphatic carbocycles. The number of rotatable bonds is 6. The van der Waals surface area contributed by atoms with Gasteiger partial charge in [-0.2, -0.15) is 4.31 Å². The van der Waals surface area contributed by atoms with Crippen LogP contribution in [0, 0.1) is 5.92 Å². The van der Waals surface area contributed by atoms with Crippen LogP contribution >= 0.6 is 0 Å². The van der Waals surface area contributed by atoms with Gasteiger partial charge in [-0.1, -0.05) is 6.07 Å². The van der Waals surface area contributed by atoms with Gasteiger partial charge in [0.15, 0.2) is 0 Å². The number of aryl methyl sites for hydroxylation is 2. The zero-order valence-corrected chi connectivity index (χ0v) is 19.4. The van der Waals surface area contributed by atoms with Crippen molar-refractivity contribution >= 4 is 21.7 Å². The predicted octanol–water partition coefficient (Wildman–Crippen LogP) is 2.63. The van der Waals surface area contributed by atoms with Crippen molar-refractivity contribution in [2.75, 3.05) is 38.0 Å². The maximum absolute atomic E-state index is 13.2. The second-order valence-corrected chi connectivity index (χ2v) is 11.7. The van der Waals surface area contributed by atoms with Crippen molar-refractivity contribution in [1.82, 2.24) is 24.4 Å². The summed E-state index contributed by atoms with van der Waals surface area (Å²) in [6, 6.07) is 2.39. The second kappa shape index (κ2) is 8.11. The number of H-pyrrole nitrogens is 1. The van der Waals surface area contributed by atoms with Gasteiger partial charge >= 0.3 is 0 Å². The summed E-state index contributed by atoms with van der Waals surface area (Å²) < 4.78 is 28.0. The highest BCUT2D eigenvalue weighted by atomic mass is 32.2. The van der Waals surface area contributed by atoms with Crippen LogP contribution in [0.1, 0.15) is 54.4 Å². The molecule has 9 heteroatoms. The molecule has 0 bridgehead atoms. The van der Waals surface area contributed by atoms with Gasteiger partial charge < -0.3 is 10.2 Å². The maximum Gasteiger partial charge on any atom is 0.278 e. The molecule has 32 heavy (non-hydrogen) atoms. The molecule has 0 amide bonds. The normalized spacial score (nSPS) is 23.7. The van der Waals surface area contributed by atoms with E-state index in [1.54, 1.807) is 4.31 Å². The van der Waals surface area contributed by atoms with Crippen LogP contribution in [-0.4, -0.2) is 65.5 Å². The molecule has 1 aromatic carbocycles. The van der Waals surface area contributed by atoms with Crippen LogP contribution in [0.15, 0.2) is 11.2 Å². The SMILES string of the molecule is O=S(=O)(c1nnc(Nc2c3c(cc4c2CCC4)CCC3)[nH]1)N1CCC(CN2CCCC2)C1. The van der Waals surface area contributed by atoms with Gasteiger partial charge in [0.25, 0.3) is 15.2 Å². The standard InChI is InChI=1S/C23H32N6O2S/c30-32(31,29-12-9-16(15-29)14-28-10-1-2-11-28)23-25-22(26-27-23)24-21-19-7-3-5-17(19)13-18-6-4-8-20(18)21/h13,16H,1-12,14-15H2,(H2,24,25,26,27). The molecule has 0 saturated carbocycles. The summed E-state index contributed by atoms with van der Waals surface area (Å²) in [5.41, 5.74) is 6.74. The Hall–Kier alpha value is -1.97. The number of fused-ring (bicyclic) bond motifs is 2. The van der Waals surface area contributed by atoms with E-state index in [0.717, 1.165) is 57.4 Å². The fourth-order valence-electron chi connectivity index (χ4n) is 6.12. The quantitative estimate of drug-likeness (QED) is 0.694. The smallest absolute Gasteiger partial charge is 0.278 e. The molecule has 4 aliphatic rings. The molecule has 1 atom stereocenters. The van der Waals surface area contributed by atoms with Gasteiger partial charge in [0.05, 0.1) is 0 Å². The summed E-state index contributed by atoms with van der Waals surface area (Å²) in [5, 5.41) is 11.6. The number of hydrogen-bond acceptors (Lipinski definition) is 6. The highest BCUT2D eigenvalue weighted by molar-refractivity contribution is 7.89. The molecule has 172 valence electrons. The number of nitrogens with zero attached hydrogens (tertiary/aromatic N) is 4. The van der Waals surface area contributed by atoms with E-state index in [-0.39, 0.29) is 5.16 Å². The first-order valence-corrected chi connectivity index (χ1v) is 13.6. The molecule has 1 aromatic heterocycles. The number of sulfonamides is 1. The van der Waals surface area contributed by atoms with Crippen molar-refractivity contribution in [3.05, 3.63) is 28.3 Å². The number of hydrogen-bond donors (Lipinski definition) is 2. The lowest BCUT2D eigenvalue weighted by Crippen LogP contribution is -2.32. The Kier molecular flexibility index (Phi) is 5.23. The van der Waals surface area contributed by atoms with E-state index in [1.165, 1.54) is 47.9 Å². The van der Waals surface area contributed by atoms with Gasteiger partial charge in [-0.3, -0.25) is 4.98 Å². The van der Waals surface area contributed by atoms with Gasteiger partial charge in [0, 0.05) is 25.3 Å². The third kappa shape index (κ3) is 3.64. The highest BCUT2D eigenvalue weighted by Gasteiger charge is 2.36. The third-order valence-electron chi connectivity index (χ3n) is 7.73. The summed E-state index contributed by atoms with van der Waals surface area (Å²) in [5.74, 6) is 0.823. The summed E-state index contributed by atoms with van der Waals surface area (Å²) in [4.78, 5) is 5.44. The molecular formula is C23H32N6O2S. The molecule has 2 fully saturated rings. The summed E-state index contributed by atoms with van der Waals surface area (Å²) in [7, 11) is -3.65. The first-order valence-electron chi connectivity index (χ1n) is 12.2. The summed E-state index contributed by atoms with van der Waals surface area (Å²) in [6.07, 6.45) is 10.2. The largest absolute Gasteiger partial charge is 0.324 e. The minimum absolute atomic E-state index is 0.0500. The molecule has 6 rings (SSSR count). The molecule has 2 saturated heterocycles. The molecule has 8 nitrogen and oxygen atoms in total. The van der Waals surface area contributed by atoms with Gasteiger partial charge in [-0.05, 0) is 99.0 Å². The van der Waals surface area contributed by atoms with E-state index >= 15 is 0 Å². The number of anilines is 2. The molecular weight excluding hydrogens is 424 g/mol. The van der Waals surface area contributed by atoms with Crippen molar-refractivity contribution in [2.45, 2.75) is 62.9 Å². The van der Waals surface area contributed by atoms with Crippen LogP contribution in [0.5, 0.6) is 0 Å². The number of nitrogens with one attached hydrogen (secondary N) is 2. The van der Waals surface area contributed by atoms with Crippen molar-refractivity contribution in [3.8, 4) is 0 Å². The van der Waals surface area contributed by atoms with E-state index in [9.17, 15) is 8.42 Å². The fourth-order valence-corrected chi connectivity index (χ4v) is 7.49. The average molecular weight is 457 g/mol. The molecule has 0 radical (unpaired) electrons. The number of aromatic amines is 1. The molecule has 0 spiro atoms. The van der Waals surface area contributed by atoms with Gasteiger partial charge in [0.1, 0.15) is 0 Å². The Morgan fingerprint density at radius 1 is 0.969 bits per heavy atom. The van der Waals surface area contributed by atoms with E-state index in [1.807, 2.05) is 0 Å². The molecule has 2 aromatic rings. The van der Waals surface area contributed by atoms with Crippen LogP contribution in [0.4, 0.5) is 11.6 Å². The Balaban J connectivity index is 1.19. The van der Waals surface area contributed by atoms with Gasteiger partial charge in [0.2, 0.25) is 5.95 Å².